The van der Waals surface area contributed by atoms with Gasteiger partial charge >= 0.3 is 0 Å². The number of pyridine rings is 2. The van der Waals surface area contributed by atoms with Gasteiger partial charge in [-0.3, -0.25) is 9.78 Å². The molecule has 2 aromatic heterocycles. The van der Waals surface area contributed by atoms with Gasteiger partial charge in [-0.1, -0.05) is 11.6 Å². The van der Waals surface area contributed by atoms with Gasteiger partial charge in [-0.15, -0.1) is 0 Å². The quantitative estimate of drug-likeness (QED) is 0.831. The second-order valence-corrected chi connectivity index (χ2v) is 4.61. The van der Waals surface area contributed by atoms with Crippen molar-refractivity contribution in [3.63, 3.8) is 0 Å². The Hall–Kier alpha value is -1.66. The van der Waals surface area contributed by atoms with Gasteiger partial charge in [0.1, 0.15) is 5.75 Å². The number of nitrogens with zero attached hydrogens (tertiary/aromatic N) is 2. The van der Waals surface area contributed by atoms with Crippen LogP contribution in [0.1, 0.15) is 10.4 Å². The Morgan fingerprint density at radius 3 is 2.94 bits per heavy atom. The molecule has 0 atom stereocenters. The monoisotopic (exact) mass is 327 g/mol. The summed E-state index contributed by atoms with van der Waals surface area (Å²) >= 11 is 9.07. The molecule has 2 aromatic rings. The van der Waals surface area contributed by atoms with Gasteiger partial charge in [-0.2, -0.15) is 0 Å². The Labute approximate surface area is 116 Å². The van der Waals surface area contributed by atoms with Gasteiger partial charge in [-0.05, 0) is 28.1 Å². The zero-order chi connectivity index (χ0) is 13.1. The molecule has 0 aliphatic carbocycles. The minimum absolute atomic E-state index is 0.112. The van der Waals surface area contributed by atoms with Gasteiger partial charge < -0.3 is 10.4 Å². The number of carbonyl (C=O) groups is 1. The Morgan fingerprint density at radius 1 is 1.44 bits per heavy atom. The van der Waals surface area contributed by atoms with E-state index in [1.807, 2.05) is 0 Å². The standard InChI is InChI=1S/C11H7BrClN3O2/c12-6-3-8(10(13)15-4-6)16-11(18)7-1-2-14-5-9(7)17/h1-5,17H,(H,16,18). The van der Waals surface area contributed by atoms with E-state index in [1.165, 1.54) is 24.7 Å². The van der Waals surface area contributed by atoms with Crippen LogP contribution in [0.15, 0.2) is 35.2 Å². The van der Waals surface area contributed by atoms with E-state index in [-0.39, 0.29) is 16.5 Å². The molecule has 7 heteroatoms. The van der Waals surface area contributed by atoms with Crippen LogP contribution in [0.2, 0.25) is 5.15 Å². The van der Waals surface area contributed by atoms with E-state index in [0.29, 0.717) is 10.2 Å². The highest BCUT2D eigenvalue weighted by molar-refractivity contribution is 9.10. The molecule has 2 N–H and O–H groups in total. The van der Waals surface area contributed by atoms with Crippen LogP contribution in [0.5, 0.6) is 5.75 Å². The van der Waals surface area contributed by atoms with E-state index in [4.69, 9.17) is 11.6 Å². The summed E-state index contributed by atoms with van der Waals surface area (Å²) < 4.78 is 0.682. The molecule has 0 aliphatic rings. The minimum atomic E-state index is -0.489. The number of hydrogen-bond acceptors (Lipinski definition) is 4. The van der Waals surface area contributed by atoms with Crippen LogP contribution in [0.3, 0.4) is 0 Å². The van der Waals surface area contributed by atoms with Crippen molar-refractivity contribution in [1.29, 1.82) is 0 Å². The fourth-order valence-corrected chi connectivity index (χ4v) is 1.76. The van der Waals surface area contributed by atoms with Crippen LogP contribution < -0.4 is 5.32 Å². The van der Waals surface area contributed by atoms with Crippen molar-refractivity contribution in [2.45, 2.75) is 0 Å². The molecule has 0 radical (unpaired) electrons. The molecule has 92 valence electrons. The van der Waals surface area contributed by atoms with E-state index < -0.39 is 5.91 Å². The Balaban J connectivity index is 2.27. The lowest BCUT2D eigenvalue weighted by atomic mass is 10.2. The molecular formula is C11H7BrClN3O2. The predicted molar refractivity (Wildman–Crippen MR) is 70.8 cm³/mol. The SMILES string of the molecule is O=C(Nc1cc(Br)cnc1Cl)c1ccncc1O. The first-order chi connectivity index (χ1) is 8.58. The van der Waals surface area contributed by atoms with Gasteiger partial charge in [0, 0.05) is 16.9 Å². The molecule has 1 amide bonds. The topological polar surface area (TPSA) is 75.1 Å². The molecule has 0 unspecified atom stereocenters. The third-order valence-corrected chi connectivity index (χ3v) is 2.83. The van der Waals surface area contributed by atoms with E-state index in [1.54, 1.807) is 6.07 Å². The molecule has 0 spiro atoms. The average Bonchev–Trinajstić information content (AvgIpc) is 2.34. The number of hydrogen-bond donors (Lipinski definition) is 2. The van der Waals surface area contributed by atoms with Crippen molar-refractivity contribution in [1.82, 2.24) is 9.97 Å². The van der Waals surface area contributed by atoms with Crippen LogP contribution in [0.4, 0.5) is 5.69 Å². The van der Waals surface area contributed by atoms with E-state index in [0.717, 1.165) is 0 Å². The maximum atomic E-state index is 11.9. The second kappa shape index (κ2) is 5.32. The Kier molecular flexibility index (Phi) is 3.78. The Morgan fingerprint density at radius 2 is 2.22 bits per heavy atom. The number of rotatable bonds is 2. The molecule has 0 aromatic carbocycles. The molecule has 0 fully saturated rings. The van der Waals surface area contributed by atoms with Gasteiger partial charge in [-0.25, -0.2) is 4.98 Å². The number of carbonyl (C=O) groups excluding carboxylic acids is 1. The molecule has 0 saturated heterocycles. The lowest BCUT2D eigenvalue weighted by Gasteiger charge is -2.07. The number of amides is 1. The summed E-state index contributed by atoms with van der Waals surface area (Å²) in [5.41, 5.74) is 0.466. The van der Waals surface area contributed by atoms with Crippen LogP contribution in [0, 0.1) is 0 Å². The van der Waals surface area contributed by atoms with E-state index >= 15 is 0 Å². The number of aromatic hydroxyl groups is 1. The average molecular weight is 329 g/mol. The van der Waals surface area contributed by atoms with Crippen molar-refractivity contribution in [3.8, 4) is 5.75 Å². The smallest absolute Gasteiger partial charge is 0.259 e. The van der Waals surface area contributed by atoms with Crippen LogP contribution in [-0.2, 0) is 0 Å². The first kappa shape index (κ1) is 12.8. The zero-order valence-corrected chi connectivity index (χ0v) is 11.2. The summed E-state index contributed by atoms with van der Waals surface area (Å²) in [6, 6.07) is 3.02. The lowest BCUT2D eigenvalue weighted by molar-refractivity contribution is 0.102. The van der Waals surface area contributed by atoms with Gasteiger partial charge in [0.2, 0.25) is 0 Å². The summed E-state index contributed by atoms with van der Waals surface area (Å²) in [4.78, 5) is 19.5. The number of anilines is 1. The molecule has 0 saturated carbocycles. The highest BCUT2D eigenvalue weighted by atomic mass is 79.9. The van der Waals surface area contributed by atoms with Crippen molar-refractivity contribution < 1.29 is 9.90 Å². The van der Waals surface area contributed by atoms with Gasteiger partial charge in [0.05, 0.1) is 17.4 Å². The van der Waals surface area contributed by atoms with Crippen molar-refractivity contribution in [2.24, 2.45) is 0 Å². The maximum Gasteiger partial charge on any atom is 0.259 e. The predicted octanol–water partition coefficient (Wildman–Crippen LogP) is 2.85. The number of aromatic nitrogens is 2. The summed E-state index contributed by atoms with van der Waals surface area (Å²) in [6.45, 7) is 0. The highest BCUT2D eigenvalue weighted by Gasteiger charge is 2.13. The molecule has 0 bridgehead atoms. The largest absolute Gasteiger partial charge is 0.505 e. The molecule has 18 heavy (non-hydrogen) atoms. The van der Waals surface area contributed by atoms with Crippen LogP contribution in [0.25, 0.3) is 0 Å². The lowest BCUT2D eigenvalue weighted by Crippen LogP contribution is -2.12. The van der Waals surface area contributed by atoms with Gasteiger partial charge in [0.15, 0.2) is 5.15 Å². The second-order valence-electron chi connectivity index (χ2n) is 3.34. The number of nitrogens with one attached hydrogen (secondary N) is 1. The fraction of sp³-hybridized carbons (Fsp3) is 0. The molecule has 2 rings (SSSR count). The van der Waals surface area contributed by atoms with E-state index in [9.17, 15) is 9.90 Å². The molecule has 5 nitrogen and oxygen atoms in total. The normalized spacial score (nSPS) is 10.1. The first-order valence-corrected chi connectivity index (χ1v) is 6.00. The van der Waals surface area contributed by atoms with Crippen molar-refractivity contribution >= 4 is 39.1 Å². The summed E-state index contributed by atoms with van der Waals surface area (Å²) in [7, 11) is 0. The van der Waals surface area contributed by atoms with Gasteiger partial charge in [0.25, 0.3) is 5.91 Å². The molecule has 2 heterocycles. The third kappa shape index (κ3) is 2.77. The van der Waals surface area contributed by atoms with Crippen LogP contribution in [-0.4, -0.2) is 21.0 Å². The summed E-state index contributed by atoms with van der Waals surface area (Å²) in [6.07, 6.45) is 4.12. The zero-order valence-electron chi connectivity index (χ0n) is 8.89. The third-order valence-electron chi connectivity index (χ3n) is 2.10. The maximum absolute atomic E-state index is 11.9. The number of halogens is 2. The Bertz CT molecular complexity index is 607. The summed E-state index contributed by atoms with van der Waals surface area (Å²) in [5, 5.41) is 12.2. The van der Waals surface area contributed by atoms with E-state index in [2.05, 4.69) is 31.2 Å². The van der Waals surface area contributed by atoms with Crippen LogP contribution >= 0.6 is 27.5 Å². The fourth-order valence-electron chi connectivity index (χ4n) is 1.28. The molecule has 0 aliphatic heterocycles. The van der Waals surface area contributed by atoms with Crippen molar-refractivity contribution in [2.75, 3.05) is 5.32 Å². The first-order valence-electron chi connectivity index (χ1n) is 4.83. The molecular weight excluding hydrogens is 321 g/mol. The van der Waals surface area contributed by atoms with Crippen molar-refractivity contribution in [3.05, 3.63) is 45.9 Å². The minimum Gasteiger partial charge on any atom is -0.505 e. The highest BCUT2D eigenvalue weighted by Crippen LogP contribution is 2.24. The summed E-state index contributed by atoms with van der Waals surface area (Å²) in [5.74, 6) is -0.689.